The summed E-state index contributed by atoms with van der Waals surface area (Å²) in [4.78, 5) is 13.7. The van der Waals surface area contributed by atoms with Gasteiger partial charge in [0.05, 0.1) is 37.0 Å². The Hall–Kier alpha value is -4.02. The second-order valence-corrected chi connectivity index (χ2v) is 8.60. The number of hydrogen-bond donors (Lipinski definition) is 1. The van der Waals surface area contributed by atoms with E-state index in [0.29, 0.717) is 6.42 Å². The monoisotopic (exact) mass is 449 g/mol. The molecule has 1 saturated heterocycles. The van der Waals surface area contributed by atoms with Crippen LogP contribution in [0.25, 0.3) is 0 Å². The molecule has 170 valence electrons. The molecule has 5 rings (SSSR count). The van der Waals surface area contributed by atoms with E-state index in [0.717, 1.165) is 36.7 Å². The summed E-state index contributed by atoms with van der Waals surface area (Å²) in [7, 11) is 0. The normalized spacial score (nSPS) is 17.3. The van der Waals surface area contributed by atoms with Crippen molar-refractivity contribution in [2.24, 2.45) is 0 Å². The van der Waals surface area contributed by atoms with Crippen molar-refractivity contribution in [2.75, 3.05) is 24.5 Å². The number of anilines is 1. The standard InChI is InChI=1S/C27H27N7/c1-20-24(17-31-32-20)27(23-5-3-2-4-6-23)34-16-15-33(26-18-29-13-14-30-26)19-25(34)22-9-7-21(8-10-22)11-12-28/h2-10,13-14,17-18,25,27H,11,15-16,19H2,1H3,(H,31,32). The van der Waals surface area contributed by atoms with Crippen molar-refractivity contribution < 1.29 is 0 Å². The number of aryl methyl sites for hydroxylation is 1. The molecular formula is C27H27N7. The van der Waals surface area contributed by atoms with E-state index in [2.05, 4.69) is 97.6 Å². The van der Waals surface area contributed by atoms with Gasteiger partial charge in [-0.3, -0.25) is 15.0 Å². The quantitative estimate of drug-likeness (QED) is 0.474. The molecule has 34 heavy (non-hydrogen) atoms. The third-order valence-corrected chi connectivity index (χ3v) is 6.55. The first-order valence-corrected chi connectivity index (χ1v) is 11.5. The minimum Gasteiger partial charge on any atom is -0.352 e. The number of rotatable bonds is 6. The minimum atomic E-state index is 0.0627. The summed E-state index contributed by atoms with van der Waals surface area (Å²) in [6.07, 6.45) is 7.65. The molecule has 1 N–H and O–H groups in total. The molecule has 2 unspecified atom stereocenters. The van der Waals surface area contributed by atoms with Crippen LogP contribution in [0.3, 0.4) is 0 Å². The van der Waals surface area contributed by atoms with Crippen LogP contribution in [0.4, 0.5) is 5.82 Å². The first kappa shape index (κ1) is 21.8. The van der Waals surface area contributed by atoms with Crippen LogP contribution < -0.4 is 4.90 Å². The lowest BCUT2D eigenvalue weighted by Gasteiger charge is -2.46. The lowest BCUT2D eigenvalue weighted by Crippen LogP contribution is -2.50. The Labute approximate surface area is 199 Å². The number of nitriles is 1. The topological polar surface area (TPSA) is 84.7 Å². The van der Waals surface area contributed by atoms with Crippen LogP contribution in [0.15, 0.2) is 79.4 Å². The maximum absolute atomic E-state index is 9.08. The van der Waals surface area contributed by atoms with Crippen LogP contribution in [0.5, 0.6) is 0 Å². The van der Waals surface area contributed by atoms with Crippen LogP contribution in [0.2, 0.25) is 0 Å². The Morgan fingerprint density at radius 1 is 1.06 bits per heavy atom. The summed E-state index contributed by atoms with van der Waals surface area (Å²) in [5, 5.41) is 16.6. The fourth-order valence-corrected chi connectivity index (χ4v) is 4.84. The highest BCUT2D eigenvalue weighted by Crippen LogP contribution is 2.39. The SMILES string of the molecule is Cc1[nH]ncc1C(c1ccccc1)N1CCN(c2cnccn2)CC1c1ccc(CC#N)cc1. The second-order valence-electron chi connectivity index (χ2n) is 8.60. The number of piperazine rings is 1. The van der Waals surface area contributed by atoms with E-state index in [-0.39, 0.29) is 12.1 Å². The van der Waals surface area contributed by atoms with E-state index in [9.17, 15) is 0 Å². The van der Waals surface area contributed by atoms with Crippen molar-refractivity contribution in [1.82, 2.24) is 25.1 Å². The Morgan fingerprint density at radius 2 is 1.88 bits per heavy atom. The Kier molecular flexibility index (Phi) is 6.32. The first-order valence-electron chi connectivity index (χ1n) is 11.5. The van der Waals surface area contributed by atoms with Gasteiger partial charge in [0, 0.05) is 43.3 Å². The van der Waals surface area contributed by atoms with Crippen molar-refractivity contribution in [1.29, 1.82) is 5.26 Å². The lowest BCUT2D eigenvalue weighted by atomic mass is 9.92. The van der Waals surface area contributed by atoms with Gasteiger partial charge in [-0.15, -0.1) is 0 Å². The summed E-state index contributed by atoms with van der Waals surface area (Å²) in [6, 6.07) is 21.5. The van der Waals surface area contributed by atoms with Gasteiger partial charge in [-0.1, -0.05) is 54.6 Å². The van der Waals surface area contributed by atoms with Crippen LogP contribution >= 0.6 is 0 Å². The molecule has 4 aromatic rings. The fraction of sp³-hybridized carbons (Fsp3) is 0.259. The molecule has 3 heterocycles. The predicted octanol–water partition coefficient (Wildman–Crippen LogP) is 4.23. The zero-order valence-electron chi connectivity index (χ0n) is 19.2. The van der Waals surface area contributed by atoms with E-state index in [1.54, 1.807) is 12.4 Å². The number of aromatic amines is 1. The van der Waals surface area contributed by atoms with Crippen LogP contribution in [-0.4, -0.2) is 44.7 Å². The van der Waals surface area contributed by atoms with Gasteiger partial charge in [0.15, 0.2) is 0 Å². The van der Waals surface area contributed by atoms with Crippen molar-refractivity contribution in [2.45, 2.75) is 25.4 Å². The van der Waals surface area contributed by atoms with Gasteiger partial charge in [-0.2, -0.15) is 10.4 Å². The molecule has 0 aliphatic carbocycles. The minimum absolute atomic E-state index is 0.0627. The molecule has 2 atom stereocenters. The summed E-state index contributed by atoms with van der Waals surface area (Å²) >= 11 is 0. The maximum atomic E-state index is 9.08. The molecule has 0 saturated carbocycles. The number of aromatic nitrogens is 4. The zero-order valence-corrected chi connectivity index (χ0v) is 19.2. The number of hydrogen-bond acceptors (Lipinski definition) is 6. The largest absolute Gasteiger partial charge is 0.352 e. The molecule has 1 aliphatic rings. The van der Waals surface area contributed by atoms with Gasteiger partial charge in [0.2, 0.25) is 0 Å². The van der Waals surface area contributed by atoms with Gasteiger partial charge < -0.3 is 4.90 Å². The highest BCUT2D eigenvalue weighted by atomic mass is 15.3. The predicted molar refractivity (Wildman–Crippen MR) is 131 cm³/mol. The van der Waals surface area contributed by atoms with Crippen molar-refractivity contribution in [3.63, 3.8) is 0 Å². The van der Waals surface area contributed by atoms with Crippen LogP contribution in [-0.2, 0) is 6.42 Å². The highest BCUT2D eigenvalue weighted by Gasteiger charge is 2.36. The van der Waals surface area contributed by atoms with Gasteiger partial charge in [0.25, 0.3) is 0 Å². The highest BCUT2D eigenvalue weighted by molar-refractivity contribution is 5.40. The van der Waals surface area contributed by atoms with E-state index in [1.165, 1.54) is 16.7 Å². The van der Waals surface area contributed by atoms with Gasteiger partial charge in [0.1, 0.15) is 5.82 Å². The molecule has 0 bridgehead atoms. The molecule has 1 fully saturated rings. The zero-order chi connectivity index (χ0) is 23.3. The van der Waals surface area contributed by atoms with E-state index >= 15 is 0 Å². The van der Waals surface area contributed by atoms with Gasteiger partial charge >= 0.3 is 0 Å². The Morgan fingerprint density at radius 3 is 2.56 bits per heavy atom. The number of benzene rings is 2. The number of nitrogens with one attached hydrogen (secondary N) is 1. The van der Waals surface area contributed by atoms with Gasteiger partial charge in [-0.25, -0.2) is 4.98 Å². The lowest BCUT2D eigenvalue weighted by molar-refractivity contribution is 0.138. The molecule has 2 aromatic heterocycles. The average Bonchev–Trinajstić information content (AvgIpc) is 3.31. The van der Waals surface area contributed by atoms with E-state index < -0.39 is 0 Å². The number of H-pyrrole nitrogens is 1. The van der Waals surface area contributed by atoms with Crippen molar-refractivity contribution in [3.05, 3.63) is 107 Å². The van der Waals surface area contributed by atoms with Crippen molar-refractivity contribution in [3.8, 4) is 6.07 Å². The Balaban J connectivity index is 1.56. The molecule has 7 heteroatoms. The van der Waals surface area contributed by atoms with Crippen LogP contribution in [0, 0.1) is 18.3 Å². The van der Waals surface area contributed by atoms with Crippen molar-refractivity contribution >= 4 is 5.82 Å². The second kappa shape index (κ2) is 9.86. The first-order chi connectivity index (χ1) is 16.7. The average molecular weight is 450 g/mol. The summed E-state index contributed by atoms with van der Waals surface area (Å²) < 4.78 is 0. The molecule has 0 amide bonds. The summed E-state index contributed by atoms with van der Waals surface area (Å²) in [5.74, 6) is 0.893. The fourth-order valence-electron chi connectivity index (χ4n) is 4.84. The summed E-state index contributed by atoms with van der Waals surface area (Å²) in [6.45, 7) is 4.57. The third-order valence-electron chi connectivity index (χ3n) is 6.55. The number of nitrogens with zero attached hydrogens (tertiary/aromatic N) is 6. The third kappa shape index (κ3) is 4.41. The molecule has 0 spiro atoms. The molecular weight excluding hydrogens is 422 g/mol. The summed E-state index contributed by atoms with van der Waals surface area (Å²) in [5.41, 5.74) is 5.76. The molecule has 2 aromatic carbocycles. The van der Waals surface area contributed by atoms with E-state index in [4.69, 9.17) is 5.26 Å². The molecule has 0 radical (unpaired) electrons. The maximum Gasteiger partial charge on any atom is 0.147 e. The molecule has 7 nitrogen and oxygen atoms in total. The van der Waals surface area contributed by atoms with Crippen LogP contribution in [0.1, 0.15) is 40.0 Å². The smallest absolute Gasteiger partial charge is 0.147 e. The van der Waals surface area contributed by atoms with E-state index in [1.807, 2.05) is 12.4 Å². The Bertz CT molecular complexity index is 1250. The molecule has 1 aliphatic heterocycles. The van der Waals surface area contributed by atoms with Gasteiger partial charge in [-0.05, 0) is 23.6 Å².